The number of benzene rings is 2. The quantitative estimate of drug-likeness (QED) is 0.428. The lowest BCUT2D eigenvalue weighted by molar-refractivity contribution is -0.121. The monoisotopic (exact) mass is 438 g/mol. The first-order valence-electron chi connectivity index (χ1n) is 10.1. The Bertz CT molecular complexity index is 1300. The van der Waals surface area contributed by atoms with Gasteiger partial charge in [-0.15, -0.1) is 0 Å². The zero-order valence-corrected chi connectivity index (χ0v) is 17.9. The Morgan fingerprint density at radius 2 is 2.00 bits per heavy atom. The predicted molar refractivity (Wildman–Crippen MR) is 122 cm³/mol. The van der Waals surface area contributed by atoms with Gasteiger partial charge in [-0.3, -0.25) is 9.59 Å². The Labute approximate surface area is 184 Å². The van der Waals surface area contributed by atoms with Crippen molar-refractivity contribution in [1.82, 2.24) is 19.7 Å². The molecule has 2 aromatic heterocycles. The van der Waals surface area contributed by atoms with Crippen LogP contribution >= 0.6 is 11.6 Å². The number of para-hydroxylation sites is 1. The molecule has 8 heteroatoms. The fourth-order valence-electron chi connectivity index (χ4n) is 3.72. The molecule has 0 fully saturated rings. The maximum atomic E-state index is 13.3. The highest BCUT2D eigenvalue weighted by molar-refractivity contribution is 6.30. The molecule has 0 aliphatic carbocycles. The third-order valence-electron chi connectivity index (χ3n) is 5.14. The maximum absolute atomic E-state index is 13.3. The van der Waals surface area contributed by atoms with Crippen molar-refractivity contribution in [2.75, 3.05) is 20.3 Å². The molecule has 0 radical (unpaired) electrons. The highest BCUT2D eigenvalue weighted by Crippen LogP contribution is 2.27. The second-order valence-electron chi connectivity index (χ2n) is 7.30. The third-order valence-corrected chi connectivity index (χ3v) is 5.38. The van der Waals surface area contributed by atoms with Crippen molar-refractivity contribution in [2.45, 2.75) is 19.5 Å². The number of hydrogen-bond acceptors (Lipinski definition) is 4. The standard InChI is InChI=1S/C23H23ClN4O3/c1-31-11-5-10-25-21(29)15-28-23(30)22-19(13-26-28)18-8-2-3-9-20(18)27(22)14-16-6-4-7-17(24)12-16/h2-4,6-9,12-13H,5,10-11,14-15H2,1H3,(H,25,29). The van der Waals surface area contributed by atoms with Gasteiger partial charge in [-0.2, -0.15) is 5.10 Å². The molecule has 0 atom stereocenters. The van der Waals surface area contributed by atoms with E-state index in [0.717, 1.165) is 21.9 Å². The second kappa shape index (κ2) is 9.32. The minimum Gasteiger partial charge on any atom is -0.385 e. The van der Waals surface area contributed by atoms with Gasteiger partial charge in [0.05, 0.1) is 6.20 Å². The lowest BCUT2D eigenvalue weighted by Crippen LogP contribution is -2.34. The van der Waals surface area contributed by atoms with Crippen LogP contribution in [-0.2, 0) is 22.6 Å². The van der Waals surface area contributed by atoms with Gasteiger partial charge in [0, 0.05) is 48.1 Å². The van der Waals surface area contributed by atoms with Crippen LogP contribution in [0.2, 0.25) is 5.02 Å². The first-order valence-corrected chi connectivity index (χ1v) is 10.4. The van der Waals surface area contributed by atoms with Crippen molar-refractivity contribution in [2.24, 2.45) is 0 Å². The molecule has 2 aromatic carbocycles. The third kappa shape index (κ3) is 4.47. The van der Waals surface area contributed by atoms with E-state index in [1.807, 2.05) is 53.1 Å². The summed E-state index contributed by atoms with van der Waals surface area (Å²) in [6.07, 6.45) is 2.36. The van der Waals surface area contributed by atoms with Gasteiger partial charge in [-0.25, -0.2) is 4.68 Å². The van der Waals surface area contributed by atoms with E-state index in [1.165, 1.54) is 4.68 Å². The molecule has 0 saturated carbocycles. The molecule has 4 rings (SSSR count). The summed E-state index contributed by atoms with van der Waals surface area (Å²) in [5.74, 6) is -0.262. The Morgan fingerprint density at radius 1 is 1.16 bits per heavy atom. The van der Waals surface area contributed by atoms with Gasteiger partial charge in [0.15, 0.2) is 0 Å². The fourth-order valence-corrected chi connectivity index (χ4v) is 3.94. The second-order valence-corrected chi connectivity index (χ2v) is 7.74. The van der Waals surface area contributed by atoms with Crippen LogP contribution in [0.3, 0.4) is 0 Å². The summed E-state index contributed by atoms with van der Waals surface area (Å²) >= 11 is 6.16. The summed E-state index contributed by atoms with van der Waals surface area (Å²) in [5.41, 5.74) is 2.12. The lowest BCUT2D eigenvalue weighted by atomic mass is 10.2. The number of ether oxygens (including phenoxy) is 1. The van der Waals surface area contributed by atoms with Crippen LogP contribution in [0.1, 0.15) is 12.0 Å². The van der Waals surface area contributed by atoms with Crippen LogP contribution in [0.5, 0.6) is 0 Å². The molecule has 1 N–H and O–H groups in total. The van der Waals surface area contributed by atoms with Crippen molar-refractivity contribution in [3.05, 3.63) is 75.7 Å². The van der Waals surface area contributed by atoms with Crippen molar-refractivity contribution >= 4 is 39.3 Å². The van der Waals surface area contributed by atoms with Crippen LogP contribution < -0.4 is 10.9 Å². The van der Waals surface area contributed by atoms with Gasteiger partial charge in [-0.1, -0.05) is 41.9 Å². The summed E-state index contributed by atoms with van der Waals surface area (Å²) in [4.78, 5) is 25.6. The molecule has 0 bridgehead atoms. The maximum Gasteiger partial charge on any atom is 0.291 e. The molecule has 0 spiro atoms. The first kappa shape index (κ1) is 21.1. The normalized spacial score (nSPS) is 11.3. The Hall–Kier alpha value is -3.16. The number of aromatic nitrogens is 3. The van der Waals surface area contributed by atoms with E-state index < -0.39 is 0 Å². The molecule has 0 saturated heterocycles. The SMILES string of the molecule is COCCCNC(=O)Cn1ncc2c3ccccc3n(Cc3cccc(Cl)c3)c2c1=O. The zero-order chi connectivity index (χ0) is 21.8. The van der Waals surface area contributed by atoms with Gasteiger partial charge in [0.2, 0.25) is 5.91 Å². The van der Waals surface area contributed by atoms with Crippen LogP contribution in [0.4, 0.5) is 0 Å². The molecule has 7 nitrogen and oxygen atoms in total. The predicted octanol–water partition coefficient (Wildman–Crippen LogP) is 3.21. The first-order chi connectivity index (χ1) is 15.1. The van der Waals surface area contributed by atoms with E-state index in [4.69, 9.17) is 16.3 Å². The molecule has 160 valence electrons. The molecular formula is C23H23ClN4O3. The minimum absolute atomic E-state index is 0.138. The molecule has 31 heavy (non-hydrogen) atoms. The smallest absolute Gasteiger partial charge is 0.291 e. The molecule has 0 unspecified atom stereocenters. The number of carbonyl (C=O) groups excluding carboxylic acids is 1. The topological polar surface area (TPSA) is 78.2 Å². The molecule has 0 aliphatic rings. The molecule has 0 aliphatic heterocycles. The number of carbonyl (C=O) groups is 1. The van der Waals surface area contributed by atoms with E-state index in [-0.39, 0.29) is 18.0 Å². The number of hydrogen-bond donors (Lipinski definition) is 1. The van der Waals surface area contributed by atoms with Crippen molar-refractivity contribution in [3.8, 4) is 0 Å². The minimum atomic E-state index is -0.303. The number of rotatable bonds is 8. The van der Waals surface area contributed by atoms with Crippen molar-refractivity contribution in [1.29, 1.82) is 0 Å². The van der Waals surface area contributed by atoms with Gasteiger partial charge >= 0.3 is 0 Å². The van der Waals surface area contributed by atoms with Gasteiger partial charge in [-0.05, 0) is 30.2 Å². The molecule has 2 heterocycles. The van der Waals surface area contributed by atoms with Crippen LogP contribution in [-0.4, -0.2) is 40.5 Å². The van der Waals surface area contributed by atoms with Crippen molar-refractivity contribution in [3.63, 3.8) is 0 Å². The number of halogens is 1. The summed E-state index contributed by atoms with van der Waals surface area (Å²) in [7, 11) is 1.61. The van der Waals surface area contributed by atoms with E-state index in [9.17, 15) is 9.59 Å². The highest BCUT2D eigenvalue weighted by atomic mass is 35.5. The summed E-state index contributed by atoms with van der Waals surface area (Å²) < 4.78 is 8.15. The number of fused-ring (bicyclic) bond motifs is 3. The molecular weight excluding hydrogens is 416 g/mol. The van der Waals surface area contributed by atoms with Crippen LogP contribution in [0.25, 0.3) is 21.8 Å². The van der Waals surface area contributed by atoms with Crippen LogP contribution in [0, 0.1) is 0 Å². The zero-order valence-electron chi connectivity index (χ0n) is 17.2. The Kier molecular flexibility index (Phi) is 6.34. The largest absolute Gasteiger partial charge is 0.385 e. The number of nitrogens with zero attached hydrogens (tertiary/aromatic N) is 3. The van der Waals surface area contributed by atoms with Gasteiger partial charge in [0.25, 0.3) is 5.56 Å². The highest BCUT2D eigenvalue weighted by Gasteiger charge is 2.17. The van der Waals surface area contributed by atoms with Gasteiger partial charge < -0.3 is 14.6 Å². The number of methoxy groups -OCH3 is 1. The van der Waals surface area contributed by atoms with E-state index in [2.05, 4.69) is 10.4 Å². The Morgan fingerprint density at radius 3 is 2.81 bits per heavy atom. The lowest BCUT2D eigenvalue weighted by Gasteiger charge is -2.10. The van der Waals surface area contributed by atoms with E-state index in [0.29, 0.717) is 36.7 Å². The Balaban J connectivity index is 1.74. The average Bonchev–Trinajstić information content (AvgIpc) is 3.08. The number of nitrogens with one attached hydrogen (secondary N) is 1. The summed E-state index contributed by atoms with van der Waals surface area (Å²) in [5, 5.41) is 9.40. The van der Waals surface area contributed by atoms with Crippen LogP contribution in [0.15, 0.2) is 59.5 Å². The summed E-state index contributed by atoms with van der Waals surface area (Å²) in [6.45, 7) is 1.39. The van der Waals surface area contributed by atoms with Gasteiger partial charge in [0.1, 0.15) is 12.1 Å². The number of amides is 1. The fraction of sp³-hybridized carbons (Fsp3) is 0.261. The van der Waals surface area contributed by atoms with E-state index >= 15 is 0 Å². The van der Waals surface area contributed by atoms with Crippen molar-refractivity contribution < 1.29 is 9.53 Å². The average molecular weight is 439 g/mol. The summed E-state index contributed by atoms with van der Waals surface area (Å²) in [6, 6.07) is 15.4. The molecule has 4 aromatic rings. The molecule has 1 amide bonds. The van der Waals surface area contributed by atoms with E-state index in [1.54, 1.807) is 13.3 Å².